The van der Waals surface area contributed by atoms with Gasteiger partial charge in [-0.05, 0) is 24.8 Å². The van der Waals surface area contributed by atoms with Crippen molar-refractivity contribution in [1.82, 2.24) is 25.4 Å². The first-order valence-corrected chi connectivity index (χ1v) is 9.39. The number of aryl methyl sites for hydroxylation is 1. The molecule has 8 heteroatoms. The maximum atomic E-state index is 5.10. The van der Waals surface area contributed by atoms with E-state index in [0.717, 1.165) is 43.7 Å². The Morgan fingerprint density at radius 2 is 2.24 bits per heavy atom. The van der Waals surface area contributed by atoms with Crippen LogP contribution in [0.25, 0.3) is 0 Å². The first kappa shape index (κ1) is 19.4. The molecule has 0 aromatic carbocycles. The van der Waals surface area contributed by atoms with Crippen LogP contribution in [0.3, 0.4) is 0 Å². The Morgan fingerprint density at radius 3 is 2.88 bits per heavy atom. The molecule has 0 bridgehead atoms. The molecular formula is C17H28N6OS. The Balaban J connectivity index is 1.93. The lowest BCUT2D eigenvalue weighted by molar-refractivity contribution is 0.195. The SMILES string of the molecule is COCCCNC(=NCc1nnc(C)n1C)NCC(C)c1cccs1. The molecule has 2 rings (SSSR count). The second-order valence-corrected chi connectivity index (χ2v) is 6.94. The van der Waals surface area contributed by atoms with Gasteiger partial charge in [0.1, 0.15) is 12.4 Å². The Labute approximate surface area is 153 Å². The summed E-state index contributed by atoms with van der Waals surface area (Å²) in [7, 11) is 3.67. The molecule has 0 saturated carbocycles. The molecule has 7 nitrogen and oxygen atoms in total. The highest BCUT2D eigenvalue weighted by Gasteiger charge is 2.09. The number of aliphatic imine (C=N–C) groups is 1. The van der Waals surface area contributed by atoms with Crippen molar-refractivity contribution < 1.29 is 4.74 Å². The van der Waals surface area contributed by atoms with E-state index in [2.05, 4.69) is 50.3 Å². The number of guanidine groups is 1. The molecule has 1 unspecified atom stereocenters. The third kappa shape index (κ3) is 6.13. The average molecular weight is 365 g/mol. The summed E-state index contributed by atoms with van der Waals surface area (Å²) in [5.74, 6) is 2.96. The van der Waals surface area contributed by atoms with Gasteiger partial charge in [0.05, 0.1) is 0 Å². The number of nitrogens with zero attached hydrogens (tertiary/aromatic N) is 4. The minimum atomic E-state index is 0.433. The quantitative estimate of drug-likeness (QED) is 0.405. The lowest BCUT2D eigenvalue weighted by Crippen LogP contribution is -2.39. The third-order valence-electron chi connectivity index (χ3n) is 3.98. The van der Waals surface area contributed by atoms with Gasteiger partial charge in [0.15, 0.2) is 11.8 Å². The Bertz CT molecular complexity index is 652. The summed E-state index contributed by atoms with van der Waals surface area (Å²) in [6.45, 7) is 7.01. The highest BCUT2D eigenvalue weighted by atomic mass is 32.1. The van der Waals surface area contributed by atoms with E-state index in [0.29, 0.717) is 12.5 Å². The number of hydrogen-bond donors (Lipinski definition) is 2. The molecular weight excluding hydrogens is 336 g/mol. The van der Waals surface area contributed by atoms with Crippen molar-refractivity contribution in [3.8, 4) is 0 Å². The van der Waals surface area contributed by atoms with Crippen molar-refractivity contribution in [2.45, 2.75) is 32.7 Å². The van der Waals surface area contributed by atoms with Gasteiger partial charge in [0.2, 0.25) is 0 Å². The number of hydrogen-bond acceptors (Lipinski definition) is 5. The predicted octanol–water partition coefficient (Wildman–Crippen LogP) is 2.06. The van der Waals surface area contributed by atoms with Crippen LogP contribution in [-0.2, 0) is 18.3 Å². The number of ether oxygens (including phenoxy) is 1. The van der Waals surface area contributed by atoms with Crippen LogP contribution in [0.2, 0.25) is 0 Å². The average Bonchev–Trinajstić information content (AvgIpc) is 3.25. The zero-order chi connectivity index (χ0) is 18.1. The van der Waals surface area contributed by atoms with Crippen molar-refractivity contribution in [3.63, 3.8) is 0 Å². The molecule has 25 heavy (non-hydrogen) atoms. The van der Waals surface area contributed by atoms with Crippen molar-refractivity contribution in [3.05, 3.63) is 34.0 Å². The zero-order valence-electron chi connectivity index (χ0n) is 15.5. The molecule has 2 aromatic heterocycles. The molecule has 0 aliphatic heterocycles. The number of methoxy groups -OCH3 is 1. The summed E-state index contributed by atoms with van der Waals surface area (Å²) in [6, 6.07) is 4.26. The Morgan fingerprint density at radius 1 is 1.40 bits per heavy atom. The molecule has 0 fully saturated rings. The van der Waals surface area contributed by atoms with Crippen LogP contribution < -0.4 is 10.6 Å². The van der Waals surface area contributed by atoms with Crippen LogP contribution >= 0.6 is 11.3 Å². The van der Waals surface area contributed by atoms with Crippen molar-refractivity contribution >= 4 is 17.3 Å². The van der Waals surface area contributed by atoms with Gasteiger partial charge in [-0.3, -0.25) is 0 Å². The molecule has 0 saturated heterocycles. The van der Waals surface area contributed by atoms with Crippen molar-refractivity contribution in [2.75, 3.05) is 26.8 Å². The smallest absolute Gasteiger partial charge is 0.191 e. The summed E-state index contributed by atoms with van der Waals surface area (Å²) < 4.78 is 7.06. The molecule has 0 amide bonds. The molecule has 0 aliphatic rings. The lowest BCUT2D eigenvalue weighted by Gasteiger charge is -2.15. The van der Waals surface area contributed by atoms with Crippen LogP contribution in [0.15, 0.2) is 22.5 Å². The fraction of sp³-hybridized carbons (Fsp3) is 0.588. The van der Waals surface area contributed by atoms with Gasteiger partial charge in [-0.15, -0.1) is 21.5 Å². The fourth-order valence-corrected chi connectivity index (χ4v) is 3.05. The van der Waals surface area contributed by atoms with E-state index in [1.54, 1.807) is 18.4 Å². The van der Waals surface area contributed by atoms with Gasteiger partial charge in [0, 0.05) is 44.6 Å². The summed E-state index contributed by atoms with van der Waals surface area (Å²) in [5, 5.41) is 17.1. The summed E-state index contributed by atoms with van der Waals surface area (Å²) in [5.41, 5.74) is 0. The van der Waals surface area contributed by atoms with E-state index in [4.69, 9.17) is 4.74 Å². The molecule has 1 atom stereocenters. The summed E-state index contributed by atoms with van der Waals surface area (Å²) in [6.07, 6.45) is 0.931. The van der Waals surface area contributed by atoms with E-state index in [1.807, 2.05) is 18.5 Å². The highest BCUT2D eigenvalue weighted by Crippen LogP contribution is 2.19. The topological polar surface area (TPSA) is 76.4 Å². The highest BCUT2D eigenvalue weighted by molar-refractivity contribution is 7.10. The van der Waals surface area contributed by atoms with E-state index in [1.165, 1.54) is 4.88 Å². The molecule has 2 heterocycles. The van der Waals surface area contributed by atoms with Crippen LogP contribution in [-0.4, -0.2) is 47.5 Å². The van der Waals surface area contributed by atoms with Gasteiger partial charge in [0.25, 0.3) is 0 Å². The van der Waals surface area contributed by atoms with Crippen LogP contribution in [0, 0.1) is 6.92 Å². The number of nitrogens with one attached hydrogen (secondary N) is 2. The maximum absolute atomic E-state index is 5.10. The van der Waals surface area contributed by atoms with E-state index < -0.39 is 0 Å². The van der Waals surface area contributed by atoms with Crippen molar-refractivity contribution in [2.24, 2.45) is 12.0 Å². The molecule has 2 aromatic rings. The van der Waals surface area contributed by atoms with Gasteiger partial charge in [-0.1, -0.05) is 13.0 Å². The number of aromatic nitrogens is 3. The number of thiophene rings is 1. The second kappa shape index (κ2) is 10.1. The van der Waals surface area contributed by atoms with Gasteiger partial charge in [-0.2, -0.15) is 0 Å². The monoisotopic (exact) mass is 364 g/mol. The largest absolute Gasteiger partial charge is 0.385 e. The molecule has 0 radical (unpaired) electrons. The minimum absolute atomic E-state index is 0.433. The van der Waals surface area contributed by atoms with Gasteiger partial charge >= 0.3 is 0 Å². The molecule has 0 aliphatic carbocycles. The lowest BCUT2D eigenvalue weighted by atomic mass is 10.1. The fourth-order valence-electron chi connectivity index (χ4n) is 2.26. The normalized spacial score (nSPS) is 13.0. The van der Waals surface area contributed by atoms with Crippen LogP contribution in [0.4, 0.5) is 0 Å². The number of rotatable bonds is 9. The summed E-state index contributed by atoms with van der Waals surface area (Å²) in [4.78, 5) is 6.02. The molecule has 0 spiro atoms. The second-order valence-electron chi connectivity index (χ2n) is 5.96. The Hall–Kier alpha value is -1.93. The predicted molar refractivity (Wildman–Crippen MR) is 102 cm³/mol. The van der Waals surface area contributed by atoms with Crippen LogP contribution in [0.5, 0.6) is 0 Å². The van der Waals surface area contributed by atoms with E-state index in [-0.39, 0.29) is 0 Å². The standard InChI is InChI=1S/C17H28N6OS/c1-13(15-7-5-10-25-15)11-19-17(18-8-6-9-24-4)20-12-16-22-21-14(2)23(16)3/h5,7,10,13H,6,8-9,11-12H2,1-4H3,(H2,18,19,20). The van der Waals surface area contributed by atoms with E-state index >= 15 is 0 Å². The third-order valence-corrected chi connectivity index (χ3v) is 5.09. The minimum Gasteiger partial charge on any atom is -0.385 e. The zero-order valence-corrected chi connectivity index (χ0v) is 16.3. The first-order chi connectivity index (χ1) is 12.1. The van der Waals surface area contributed by atoms with Crippen molar-refractivity contribution in [1.29, 1.82) is 0 Å². The molecule has 2 N–H and O–H groups in total. The van der Waals surface area contributed by atoms with Crippen LogP contribution in [0.1, 0.15) is 35.8 Å². The summed E-state index contributed by atoms with van der Waals surface area (Å²) >= 11 is 1.78. The van der Waals surface area contributed by atoms with Gasteiger partial charge in [-0.25, -0.2) is 4.99 Å². The van der Waals surface area contributed by atoms with Gasteiger partial charge < -0.3 is 19.9 Å². The first-order valence-electron chi connectivity index (χ1n) is 8.51. The Kier molecular flexibility index (Phi) is 7.87. The maximum Gasteiger partial charge on any atom is 0.191 e. The van der Waals surface area contributed by atoms with E-state index in [9.17, 15) is 0 Å². The molecule has 138 valence electrons.